The molecule has 0 aliphatic carbocycles. The molecule has 27 heavy (non-hydrogen) atoms. The highest BCUT2D eigenvalue weighted by atomic mass is 35.5. The third-order valence-corrected chi connectivity index (χ3v) is 5.43. The summed E-state index contributed by atoms with van der Waals surface area (Å²) in [5.74, 6) is -0.147. The van der Waals surface area contributed by atoms with Gasteiger partial charge in [-0.25, -0.2) is 0 Å². The standard InChI is InChI=1S/C21H26ClN3O2/c1-24(21(27)20(23)16-7-9-17(22)10-8-16)19(15-5-3-2-4-6-15)14-25-12-11-18(26)13-25/h2-10,18-20,26H,11-14,23H2,1H3. The van der Waals surface area contributed by atoms with Crippen LogP contribution in [0.5, 0.6) is 0 Å². The summed E-state index contributed by atoms with van der Waals surface area (Å²) in [6.45, 7) is 2.13. The second-order valence-electron chi connectivity index (χ2n) is 7.11. The predicted octanol–water partition coefficient (Wildman–Crippen LogP) is 2.61. The molecule has 1 heterocycles. The third kappa shape index (κ3) is 4.87. The zero-order valence-electron chi connectivity index (χ0n) is 15.5. The molecule has 2 aromatic rings. The SMILES string of the molecule is CN(C(=O)C(N)c1ccc(Cl)cc1)C(CN1CCC(O)C1)c1ccccc1. The average Bonchev–Trinajstić information content (AvgIpc) is 3.10. The molecule has 0 saturated carbocycles. The van der Waals surface area contributed by atoms with Crippen LogP contribution in [0.15, 0.2) is 54.6 Å². The van der Waals surface area contributed by atoms with Crippen LogP contribution in [0, 0.1) is 0 Å². The summed E-state index contributed by atoms with van der Waals surface area (Å²) in [5.41, 5.74) is 8.04. The van der Waals surface area contributed by atoms with E-state index in [4.69, 9.17) is 17.3 Å². The zero-order valence-corrected chi connectivity index (χ0v) is 16.2. The van der Waals surface area contributed by atoms with Gasteiger partial charge in [-0.15, -0.1) is 0 Å². The van der Waals surface area contributed by atoms with E-state index in [1.54, 1.807) is 36.2 Å². The molecule has 3 rings (SSSR count). The maximum absolute atomic E-state index is 13.1. The molecule has 1 aliphatic heterocycles. The summed E-state index contributed by atoms with van der Waals surface area (Å²) in [6.07, 6.45) is 0.475. The molecule has 5 nitrogen and oxygen atoms in total. The van der Waals surface area contributed by atoms with Gasteiger partial charge in [0.05, 0.1) is 12.1 Å². The van der Waals surface area contributed by atoms with Gasteiger partial charge in [0.15, 0.2) is 0 Å². The van der Waals surface area contributed by atoms with E-state index in [1.165, 1.54) is 0 Å². The van der Waals surface area contributed by atoms with Crippen molar-refractivity contribution in [3.05, 3.63) is 70.7 Å². The fourth-order valence-corrected chi connectivity index (χ4v) is 3.66. The summed E-state index contributed by atoms with van der Waals surface area (Å²) < 4.78 is 0. The fourth-order valence-electron chi connectivity index (χ4n) is 3.53. The van der Waals surface area contributed by atoms with E-state index < -0.39 is 6.04 Å². The highest BCUT2D eigenvalue weighted by Crippen LogP contribution is 2.26. The Morgan fingerprint density at radius 3 is 2.48 bits per heavy atom. The molecular formula is C21H26ClN3O2. The van der Waals surface area contributed by atoms with E-state index in [0.29, 0.717) is 18.1 Å². The first kappa shape index (κ1) is 19.8. The number of amides is 1. The van der Waals surface area contributed by atoms with Crippen LogP contribution in [0.25, 0.3) is 0 Å². The first-order valence-electron chi connectivity index (χ1n) is 9.19. The molecule has 3 N–H and O–H groups in total. The van der Waals surface area contributed by atoms with Gasteiger partial charge in [-0.1, -0.05) is 54.1 Å². The van der Waals surface area contributed by atoms with E-state index in [0.717, 1.165) is 24.1 Å². The summed E-state index contributed by atoms with van der Waals surface area (Å²) in [5, 5.41) is 10.4. The lowest BCUT2D eigenvalue weighted by Gasteiger charge is -2.33. The smallest absolute Gasteiger partial charge is 0.244 e. The minimum atomic E-state index is -0.748. The van der Waals surface area contributed by atoms with E-state index in [9.17, 15) is 9.90 Å². The monoisotopic (exact) mass is 387 g/mol. The van der Waals surface area contributed by atoms with Crippen LogP contribution in [-0.4, -0.2) is 53.6 Å². The number of aliphatic hydroxyl groups excluding tert-OH is 1. The van der Waals surface area contributed by atoms with Gasteiger partial charge < -0.3 is 15.7 Å². The number of carbonyl (C=O) groups is 1. The van der Waals surface area contributed by atoms with Gasteiger partial charge in [-0.05, 0) is 29.7 Å². The van der Waals surface area contributed by atoms with Crippen LogP contribution in [0.3, 0.4) is 0 Å². The number of hydrogen-bond donors (Lipinski definition) is 2. The Balaban J connectivity index is 1.79. The summed E-state index contributed by atoms with van der Waals surface area (Å²) in [7, 11) is 1.79. The third-order valence-electron chi connectivity index (χ3n) is 5.17. The lowest BCUT2D eigenvalue weighted by molar-refractivity contribution is -0.134. The lowest BCUT2D eigenvalue weighted by Crippen LogP contribution is -2.42. The molecule has 0 aromatic heterocycles. The molecule has 3 unspecified atom stereocenters. The van der Waals surface area contributed by atoms with Crippen molar-refractivity contribution in [2.24, 2.45) is 5.73 Å². The van der Waals surface area contributed by atoms with Crippen LogP contribution < -0.4 is 5.73 Å². The molecule has 0 spiro atoms. The molecular weight excluding hydrogens is 362 g/mol. The van der Waals surface area contributed by atoms with Crippen LogP contribution in [0.1, 0.15) is 29.6 Å². The number of carbonyl (C=O) groups excluding carboxylic acids is 1. The van der Waals surface area contributed by atoms with E-state index in [2.05, 4.69) is 4.90 Å². The van der Waals surface area contributed by atoms with Gasteiger partial charge in [0.1, 0.15) is 6.04 Å². The Morgan fingerprint density at radius 1 is 1.22 bits per heavy atom. The largest absolute Gasteiger partial charge is 0.392 e. The first-order valence-corrected chi connectivity index (χ1v) is 9.56. The van der Waals surface area contributed by atoms with Crippen molar-refractivity contribution < 1.29 is 9.90 Å². The number of hydrogen-bond acceptors (Lipinski definition) is 4. The summed E-state index contributed by atoms with van der Waals surface area (Å²) >= 11 is 5.93. The van der Waals surface area contributed by atoms with Crippen LogP contribution in [0.2, 0.25) is 5.02 Å². The van der Waals surface area contributed by atoms with E-state index in [1.807, 2.05) is 30.3 Å². The molecule has 0 radical (unpaired) electrons. The topological polar surface area (TPSA) is 69.8 Å². The molecule has 0 bridgehead atoms. The zero-order chi connectivity index (χ0) is 19.4. The van der Waals surface area contributed by atoms with Gasteiger partial charge in [-0.3, -0.25) is 9.69 Å². The number of halogens is 1. The maximum Gasteiger partial charge on any atom is 0.244 e. The minimum absolute atomic E-state index is 0.137. The molecule has 144 valence electrons. The second-order valence-corrected chi connectivity index (χ2v) is 7.54. The van der Waals surface area contributed by atoms with Crippen molar-refractivity contribution >= 4 is 17.5 Å². The Hall–Kier alpha value is -1.92. The maximum atomic E-state index is 13.1. The van der Waals surface area contributed by atoms with Gasteiger partial charge in [0.25, 0.3) is 0 Å². The number of rotatable bonds is 6. The van der Waals surface area contributed by atoms with E-state index >= 15 is 0 Å². The van der Waals surface area contributed by atoms with Gasteiger partial charge in [0.2, 0.25) is 5.91 Å². The Kier molecular flexibility index (Phi) is 6.50. The van der Waals surface area contributed by atoms with Crippen molar-refractivity contribution in [1.29, 1.82) is 0 Å². The van der Waals surface area contributed by atoms with Gasteiger partial charge in [-0.2, -0.15) is 0 Å². The van der Waals surface area contributed by atoms with Crippen molar-refractivity contribution in [2.75, 3.05) is 26.7 Å². The number of nitrogens with two attached hydrogens (primary N) is 1. The van der Waals surface area contributed by atoms with E-state index in [-0.39, 0.29) is 18.1 Å². The fraction of sp³-hybridized carbons (Fsp3) is 0.381. The van der Waals surface area contributed by atoms with Crippen LogP contribution in [0.4, 0.5) is 0 Å². The Labute approximate surface area is 165 Å². The van der Waals surface area contributed by atoms with Crippen molar-refractivity contribution in [3.63, 3.8) is 0 Å². The van der Waals surface area contributed by atoms with Crippen molar-refractivity contribution in [3.8, 4) is 0 Å². The number of likely N-dealkylation sites (tertiary alicyclic amines) is 1. The highest BCUT2D eigenvalue weighted by molar-refractivity contribution is 6.30. The average molecular weight is 388 g/mol. The quantitative estimate of drug-likeness (QED) is 0.799. The van der Waals surface area contributed by atoms with Crippen molar-refractivity contribution in [1.82, 2.24) is 9.80 Å². The number of aliphatic hydroxyl groups is 1. The minimum Gasteiger partial charge on any atom is -0.392 e. The first-order chi connectivity index (χ1) is 13.0. The Morgan fingerprint density at radius 2 is 1.89 bits per heavy atom. The highest BCUT2D eigenvalue weighted by Gasteiger charge is 2.30. The molecule has 1 aliphatic rings. The number of benzene rings is 2. The van der Waals surface area contributed by atoms with Crippen LogP contribution >= 0.6 is 11.6 Å². The van der Waals surface area contributed by atoms with Gasteiger partial charge >= 0.3 is 0 Å². The normalized spacial score (nSPS) is 19.6. The summed E-state index contributed by atoms with van der Waals surface area (Å²) in [4.78, 5) is 17.0. The molecule has 3 atom stereocenters. The van der Waals surface area contributed by atoms with Crippen molar-refractivity contribution in [2.45, 2.75) is 24.6 Å². The number of β-amino-alcohol motifs (C(OH)–C–C–N with tert-alkyl or cyclic N) is 1. The summed E-state index contributed by atoms with van der Waals surface area (Å²) in [6, 6.07) is 16.1. The molecule has 2 aromatic carbocycles. The predicted molar refractivity (Wildman–Crippen MR) is 107 cm³/mol. The molecule has 1 fully saturated rings. The lowest BCUT2D eigenvalue weighted by atomic mass is 10.0. The second kappa shape index (κ2) is 8.85. The van der Waals surface area contributed by atoms with Crippen LogP contribution in [-0.2, 0) is 4.79 Å². The number of likely N-dealkylation sites (N-methyl/N-ethyl adjacent to an activating group) is 1. The molecule has 1 amide bonds. The molecule has 6 heteroatoms. The number of nitrogens with zero attached hydrogens (tertiary/aromatic N) is 2. The molecule has 1 saturated heterocycles. The van der Waals surface area contributed by atoms with Gasteiger partial charge in [0, 0.05) is 31.7 Å². The Bertz CT molecular complexity index is 754.